The van der Waals surface area contributed by atoms with Crippen LogP contribution in [0.4, 0.5) is 5.69 Å². The van der Waals surface area contributed by atoms with Crippen molar-refractivity contribution < 1.29 is 29.0 Å². The molecule has 6 atom stereocenters. The minimum atomic E-state index is -1.15. The molecule has 1 spiro atoms. The van der Waals surface area contributed by atoms with E-state index >= 15 is 0 Å². The molecule has 9 heteroatoms. The fourth-order valence-electron chi connectivity index (χ4n) is 5.64. The highest BCUT2D eigenvalue weighted by atomic mass is 35.5. The first-order chi connectivity index (χ1) is 15.3. The molecule has 3 fully saturated rings. The Morgan fingerprint density at radius 3 is 2.72 bits per heavy atom. The molecule has 3 heterocycles. The van der Waals surface area contributed by atoms with Gasteiger partial charge in [-0.05, 0) is 37.8 Å². The number of amides is 2. The van der Waals surface area contributed by atoms with Gasteiger partial charge in [-0.3, -0.25) is 14.4 Å². The van der Waals surface area contributed by atoms with E-state index in [4.69, 9.17) is 21.1 Å². The molecule has 3 aliphatic rings. The maximum absolute atomic E-state index is 13.8. The molecule has 1 aromatic carbocycles. The summed E-state index contributed by atoms with van der Waals surface area (Å²) < 4.78 is 11.6. The first-order valence-corrected chi connectivity index (χ1v) is 11.5. The minimum Gasteiger partial charge on any atom is -0.466 e. The van der Waals surface area contributed by atoms with E-state index in [0.717, 1.165) is 0 Å². The Labute approximate surface area is 192 Å². The SMILES string of the molecule is CCOC(=O)[C@@H]1[C@@H]2CC[C@]3(O2)[C@H](C(=O)Nc2ccccc2Cl)N([C@@H](CO)C(C)C)C(=O)[C@@H]13. The Morgan fingerprint density at radius 2 is 2.09 bits per heavy atom. The van der Waals surface area contributed by atoms with Crippen LogP contribution in [-0.4, -0.2) is 64.8 Å². The Morgan fingerprint density at radius 1 is 1.38 bits per heavy atom. The summed E-state index contributed by atoms with van der Waals surface area (Å²) in [7, 11) is 0. The fraction of sp³-hybridized carbons (Fsp3) is 0.609. The number of hydrogen-bond acceptors (Lipinski definition) is 6. The van der Waals surface area contributed by atoms with Gasteiger partial charge in [0.05, 0.1) is 47.9 Å². The van der Waals surface area contributed by atoms with Crippen LogP contribution in [0.25, 0.3) is 0 Å². The van der Waals surface area contributed by atoms with Gasteiger partial charge in [-0.15, -0.1) is 0 Å². The van der Waals surface area contributed by atoms with Crippen LogP contribution in [0, 0.1) is 17.8 Å². The molecular formula is C23H29ClN2O6. The molecule has 0 aromatic heterocycles. The monoisotopic (exact) mass is 464 g/mol. The van der Waals surface area contributed by atoms with E-state index in [9.17, 15) is 19.5 Å². The van der Waals surface area contributed by atoms with Gasteiger partial charge in [-0.1, -0.05) is 37.6 Å². The third-order valence-corrected chi connectivity index (χ3v) is 7.32. The Kier molecular flexibility index (Phi) is 6.22. The van der Waals surface area contributed by atoms with Crippen LogP contribution in [0.3, 0.4) is 0 Å². The zero-order valence-corrected chi connectivity index (χ0v) is 19.2. The van der Waals surface area contributed by atoms with E-state index in [-0.39, 0.29) is 25.0 Å². The summed E-state index contributed by atoms with van der Waals surface area (Å²) in [5.74, 6) is -2.98. The second-order valence-corrected chi connectivity index (χ2v) is 9.42. The summed E-state index contributed by atoms with van der Waals surface area (Å²) in [6.45, 7) is 5.36. The highest BCUT2D eigenvalue weighted by molar-refractivity contribution is 6.33. The van der Waals surface area contributed by atoms with Crippen LogP contribution in [0.5, 0.6) is 0 Å². The van der Waals surface area contributed by atoms with E-state index in [1.54, 1.807) is 31.2 Å². The number of nitrogens with zero attached hydrogens (tertiary/aromatic N) is 1. The quantitative estimate of drug-likeness (QED) is 0.599. The number of nitrogens with one attached hydrogen (secondary N) is 1. The van der Waals surface area contributed by atoms with Crippen molar-refractivity contribution in [2.75, 3.05) is 18.5 Å². The highest BCUT2D eigenvalue weighted by Gasteiger charge is 2.75. The topological polar surface area (TPSA) is 105 Å². The Bertz CT molecular complexity index is 924. The van der Waals surface area contributed by atoms with Crippen molar-refractivity contribution in [2.24, 2.45) is 17.8 Å². The predicted molar refractivity (Wildman–Crippen MR) is 117 cm³/mol. The first-order valence-electron chi connectivity index (χ1n) is 11.1. The molecule has 0 aliphatic carbocycles. The third-order valence-electron chi connectivity index (χ3n) is 6.99. The van der Waals surface area contributed by atoms with Crippen molar-refractivity contribution >= 4 is 35.1 Å². The average molecular weight is 465 g/mol. The van der Waals surface area contributed by atoms with Crippen molar-refractivity contribution in [3.63, 3.8) is 0 Å². The summed E-state index contributed by atoms with van der Waals surface area (Å²) in [6, 6.07) is 5.24. The molecule has 174 valence electrons. The normalized spacial score (nSPS) is 31.7. The molecule has 1 aromatic rings. The van der Waals surface area contributed by atoms with Crippen molar-refractivity contribution in [3.05, 3.63) is 29.3 Å². The Balaban J connectivity index is 1.76. The van der Waals surface area contributed by atoms with Crippen molar-refractivity contribution in [3.8, 4) is 0 Å². The number of ether oxygens (including phenoxy) is 2. The number of aliphatic hydroxyl groups is 1. The van der Waals surface area contributed by atoms with Crippen LogP contribution < -0.4 is 5.32 Å². The minimum absolute atomic E-state index is 0.118. The molecule has 3 saturated heterocycles. The van der Waals surface area contributed by atoms with Gasteiger partial charge >= 0.3 is 5.97 Å². The van der Waals surface area contributed by atoms with E-state index in [0.29, 0.717) is 23.6 Å². The number of carbonyl (C=O) groups excluding carboxylic acids is 3. The molecule has 4 rings (SSSR count). The molecule has 0 unspecified atom stereocenters. The van der Waals surface area contributed by atoms with Gasteiger partial charge in [-0.2, -0.15) is 0 Å². The van der Waals surface area contributed by atoms with Gasteiger partial charge in [0.2, 0.25) is 11.8 Å². The zero-order chi connectivity index (χ0) is 23.2. The van der Waals surface area contributed by atoms with E-state index in [1.807, 2.05) is 13.8 Å². The fourth-order valence-corrected chi connectivity index (χ4v) is 5.82. The molecule has 0 saturated carbocycles. The Hall–Kier alpha value is -2.16. The molecule has 3 aliphatic heterocycles. The number of hydrogen-bond donors (Lipinski definition) is 2. The lowest BCUT2D eigenvalue weighted by Crippen LogP contribution is -2.57. The van der Waals surface area contributed by atoms with Gasteiger partial charge in [0.1, 0.15) is 11.6 Å². The van der Waals surface area contributed by atoms with Crippen molar-refractivity contribution in [1.82, 2.24) is 4.90 Å². The number of benzene rings is 1. The van der Waals surface area contributed by atoms with E-state index in [2.05, 4.69) is 5.32 Å². The standard InChI is InChI=1S/C23H29ClN2O6/c1-4-31-22(30)17-16-9-10-23(32-16)18(17)21(29)26(15(11-27)12(2)3)19(23)20(28)25-14-8-6-5-7-13(14)24/h5-8,12,15-19,27H,4,9-11H2,1-3H3,(H,25,28)/t15-,16-,17+,18+,19-,23+/m0/s1. The van der Waals surface area contributed by atoms with Crippen molar-refractivity contribution in [2.45, 2.75) is 57.4 Å². The number of likely N-dealkylation sites (tertiary alicyclic amines) is 1. The lowest BCUT2D eigenvalue weighted by atomic mass is 9.70. The maximum Gasteiger partial charge on any atom is 0.312 e. The van der Waals surface area contributed by atoms with Gasteiger partial charge in [0, 0.05) is 0 Å². The van der Waals surface area contributed by atoms with Crippen LogP contribution in [0.1, 0.15) is 33.6 Å². The predicted octanol–water partition coefficient (Wildman–Crippen LogP) is 2.23. The second kappa shape index (κ2) is 8.65. The van der Waals surface area contributed by atoms with Gasteiger partial charge in [0.25, 0.3) is 0 Å². The summed E-state index contributed by atoms with van der Waals surface area (Å²) in [5.41, 5.74) is -0.724. The number of aliphatic hydroxyl groups excluding tert-OH is 1. The molecule has 2 bridgehead atoms. The highest BCUT2D eigenvalue weighted by Crippen LogP contribution is 2.59. The number of anilines is 1. The molecular weight excluding hydrogens is 436 g/mol. The van der Waals surface area contributed by atoms with Crippen LogP contribution in [0.15, 0.2) is 24.3 Å². The molecule has 8 nitrogen and oxygen atoms in total. The maximum atomic E-state index is 13.8. The van der Waals surface area contributed by atoms with Crippen LogP contribution >= 0.6 is 11.6 Å². The number of fused-ring (bicyclic) bond motifs is 1. The molecule has 2 N–H and O–H groups in total. The number of rotatable bonds is 7. The third kappa shape index (κ3) is 3.40. The van der Waals surface area contributed by atoms with Crippen LogP contribution in [-0.2, 0) is 23.9 Å². The van der Waals surface area contributed by atoms with Gasteiger partial charge in [0.15, 0.2) is 0 Å². The number of halogens is 1. The first kappa shape index (κ1) is 23.0. The number of carbonyl (C=O) groups is 3. The lowest BCUT2D eigenvalue weighted by Gasteiger charge is -2.38. The van der Waals surface area contributed by atoms with E-state index < -0.39 is 47.5 Å². The molecule has 32 heavy (non-hydrogen) atoms. The summed E-state index contributed by atoms with van der Waals surface area (Å²) >= 11 is 6.24. The number of para-hydroxylation sites is 1. The summed E-state index contributed by atoms with van der Waals surface area (Å²) in [4.78, 5) is 41.6. The van der Waals surface area contributed by atoms with Gasteiger partial charge < -0.3 is 24.8 Å². The number of esters is 1. The largest absolute Gasteiger partial charge is 0.466 e. The lowest BCUT2D eigenvalue weighted by molar-refractivity contribution is -0.155. The molecule has 0 radical (unpaired) electrons. The summed E-state index contributed by atoms with van der Waals surface area (Å²) in [6.07, 6.45) is 0.562. The van der Waals surface area contributed by atoms with Crippen LogP contribution in [0.2, 0.25) is 5.02 Å². The second-order valence-electron chi connectivity index (χ2n) is 9.02. The molecule has 2 amide bonds. The average Bonchev–Trinajstić information content (AvgIpc) is 3.38. The summed E-state index contributed by atoms with van der Waals surface area (Å²) in [5, 5.41) is 13.3. The van der Waals surface area contributed by atoms with Gasteiger partial charge in [-0.25, -0.2) is 0 Å². The smallest absolute Gasteiger partial charge is 0.312 e. The zero-order valence-electron chi connectivity index (χ0n) is 18.4. The van der Waals surface area contributed by atoms with E-state index in [1.165, 1.54) is 4.90 Å². The van der Waals surface area contributed by atoms with Crippen molar-refractivity contribution in [1.29, 1.82) is 0 Å².